The van der Waals surface area contributed by atoms with Crippen molar-refractivity contribution < 1.29 is 20.1 Å². The van der Waals surface area contributed by atoms with Crippen LogP contribution in [0, 0.1) is 29.1 Å². The highest BCUT2D eigenvalue weighted by Crippen LogP contribution is 2.63. The molecule has 3 N–H and O–H groups in total. The van der Waals surface area contributed by atoms with Crippen molar-refractivity contribution in [2.45, 2.75) is 141 Å². The molecule has 214 valence electrons. The van der Waals surface area contributed by atoms with E-state index < -0.39 is 5.97 Å². The number of aliphatic hydroxyl groups excluding tert-OH is 1. The number of carboxylic acid groups (broad SMARTS) is 1. The number of fused-ring (bicyclic) bond motifs is 5. The molecule has 0 spiro atoms. The molecule has 3 aliphatic carbocycles. The smallest absolute Gasteiger partial charge is 0.306 e. The molecule has 38 heavy (non-hydrogen) atoms. The maximum atomic E-state index is 11.6. The summed E-state index contributed by atoms with van der Waals surface area (Å²) in [6, 6.07) is 6.09. The molecule has 7 unspecified atom stereocenters. The van der Waals surface area contributed by atoms with Gasteiger partial charge in [0.25, 0.3) is 0 Å². The van der Waals surface area contributed by atoms with E-state index in [0.717, 1.165) is 57.8 Å². The number of benzene rings is 1. The van der Waals surface area contributed by atoms with Crippen molar-refractivity contribution in [3.63, 3.8) is 0 Å². The Morgan fingerprint density at radius 3 is 2.37 bits per heavy atom. The van der Waals surface area contributed by atoms with Crippen molar-refractivity contribution in [1.29, 1.82) is 0 Å². The molecule has 2 saturated carbocycles. The summed E-state index contributed by atoms with van der Waals surface area (Å²) in [6.45, 7) is 4.57. The van der Waals surface area contributed by atoms with E-state index in [1.165, 1.54) is 68.9 Å². The highest BCUT2D eigenvalue weighted by atomic mass is 16.4. The van der Waals surface area contributed by atoms with Gasteiger partial charge < -0.3 is 15.3 Å². The van der Waals surface area contributed by atoms with Crippen LogP contribution in [0.3, 0.4) is 0 Å². The second kappa shape index (κ2) is 13.7. The molecule has 0 radical (unpaired) electrons. The highest BCUT2D eigenvalue weighted by molar-refractivity contribution is 5.69. The van der Waals surface area contributed by atoms with Gasteiger partial charge in [0.15, 0.2) is 0 Å². The lowest BCUT2D eigenvalue weighted by atomic mass is 9.51. The van der Waals surface area contributed by atoms with Crippen molar-refractivity contribution in [3.05, 3.63) is 29.3 Å². The molecule has 0 heterocycles. The van der Waals surface area contributed by atoms with Crippen LogP contribution in [0.2, 0.25) is 0 Å². The molecule has 0 aliphatic heterocycles. The van der Waals surface area contributed by atoms with Crippen molar-refractivity contribution in [3.8, 4) is 5.75 Å². The van der Waals surface area contributed by atoms with E-state index in [4.69, 9.17) is 0 Å². The number of aryl methyl sites for hydroxylation is 1. The monoisotopic (exact) mass is 526 g/mol. The molecule has 4 rings (SSSR count). The Labute approximate surface area is 231 Å². The van der Waals surface area contributed by atoms with E-state index in [-0.39, 0.29) is 17.4 Å². The van der Waals surface area contributed by atoms with Gasteiger partial charge in [0.1, 0.15) is 5.75 Å². The highest BCUT2D eigenvalue weighted by Gasteiger charge is 2.57. The Balaban J connectivity index is 1.24. The van der Waals surface area contributed by atoms with Gasteiger partial charge in [-0.25, -0.2) is 0 Å². The van der Waals surface area contributed by atoms with Crippen molar-refractivity contribution in [1.82, 2.24) is 0 Å². The van der Waals surface area contributed by atoms with Crippen LogP contribution >= 0.6 is 0 Å². The van der Waals surface area contributed by atoms with E-state index in [1.54, 1.807) is 0 Å². The summed E-state index contributed by atoms with van der Waals surface area (Å²) >= 11 is 0. The minimum Gasteiger partial charge on any atom is -0.508 e. The molecule has 0 aromatic heterocycles. The van der Waals surface area contributed by atoms with Gasteiger partial charge in [0.2, 0.25) is 0 Å². The number of aliphatic hydroxyl groups is 1. The zero-order valence-corrected chi connectivity index (χ0v) is 24.2. The Bertz CT molecular complexity index is 896. The largest absolute Gasteiger partial charge is 0.508 e. The van der Waals surface area contributed by atoms with Crippen LogP contribution in [0.1, 0.15) is 140 Å². The molecule has 1 aromatic carbocycles. The Morgan fingerprint density at radius 2 is 1.66 bits per heavy atom. The topological polar surface area (TPSA) is 77.8 Å². The van der Waals surface area contributed by atoms with Gasteiger partial charge in [-0.2, -0.15) is 0 Å². The quantitative estimate of drug-likeness (QED) is 0.200. The summed E-state index contributed by atoms with van der Waals surface area (Å²) in [6.07, 6.45) is 20.0. The third-order valence-electron chi connectivity index (χ3n) is 10.9. The number of aromatic hydroxyl groups is 1. The van der Waals surface area contributed by atoms with Crippen molar-refractivity contribution in [2.24, 2.45) is 29.1 Å². The van der Waals surface area contributed by atoms with Crippen LogP contribution in [0.25, 0.3) is 0 Å². The van der Waals surface area contributed by atoms with Gasteiger partial charge in [0, 0.05) is 0 Å². The fraction of sp³-hybridized carbons (Fsp3) is 0.794. The number of aliphatic carboxylic acids is 1. The molecular weight excluding hydrogens is 472 g/mol. The second-order valence-corrected chi connectivity index (χ2v) is 13.4. The summed E-state index contributed by atoms with van der Waals surface area (Å²) < 4.78 is 0. The number of unbranched alkanes of at least 4 members (excludes halogenated alkanes) is 8. The number of phenols is 1. The molecule has 1 aromatic rings. The first-order chi connectivity index (χ1) is 18.3. The summed E-state index contributed by atoms with van der Waals surface area (Å²) in [5.74, 6) is 2.12. The van der Waals surface area contributed by atoms with Crippen LogP contribution in [0.15, 0.2) is 18.2 Å². The Morgan fingerprint density at radius 1 is 0.974 bits per heavy atom. The lowest BCUT2D eigenvalue weighted by molar-refractivity contribution is -0.142. The summed E-state index contributed by atoms with van der Waals surface area (Å²) in [5, 5.41) is 30.6. The third-order valence-corrected chi connectivity index (χ3v) is 10.9. The van der Waals surface area contributed by atoms with Gasteiger partial charge in [0.05, 0.1) is 12.0 Å². The van der Waals surface area contributed by atoms with E-state index in [2.05, 4.69) is 19.9 Å². The van der Waals surface area contributed by atoms with Crippen molar-refractivity contribution >= 4 is 5.97 Å². The van der Waals surface area contributed by atoms with Gasteiger partial charge in [-0.1, -0.05) is 84.1 Å². The van der Waals surface area contributed by atoms with Gasteiger partial charge in [-0.05, 0) is 104 Å². The molecule has 2 fully saturated rings. The van der Waals surface area contributed by atoms with Crippen LogP contribution in [0.5, 0.6) is 5.75 Å². The molecule has 0 amide bonds. The number of carboxylic acids is 1. The lowest BCUT2D eigenvalue weighted by Gasteiger charge is -2.54. The van der Waals surface area contributed by atoms with Gasteiger partial charge in [-0.15, -0.1) is 0 Å². The Hall–Kier alpha value is -1.55. The predicted molar refractivity (Wildman–Crippen MR) is 154 cm³/mol. The minimum absolute atomic E-state index is 0.0669. The summed E-state index contributed by atoms with van der Waals surface area (Å²) in [7, 11) is 0. The Kier molecular flexibility index (Phi) is 10.6. The zero-order chi connectivity index (χ0) is 27.1. The summed E-state index contributed by atoms with van der Waals surface area (Å²) in [5.41, 5.74) is 2.90. The fourth-order valence-electron chi connectivity index (χ4n) is 8.84. The maximum Gasteiger partial charge on any atom is 0.306 e. The van der Waals surface area contributed by atoms with E-state index in [9.17, 15) is 20.1 Å². The van der Waals surface area contributed by atoms with Crippen LogP contribution in [0.4, 0.5) is 0 Å². The third kappa shape index (κ3) is 6.77. The van der Waals surface area contributed by atoms with Gasteiger partial charge in [-0.3, -0.25) is 4.79 Å². The van der Waals surface area contributed by atoms with E-state index >= 15 is 0 Å². The fourth-order valence-corrected chi connectivity index (χ4v) is 8.84. The number of phenolic OH excluding ortho intramolecular Hbond substituents is 1. The van der Waals surface area contributed by atoms with E-state index in [0.29, 0.717) is 29.4 Å². The second-order valence-electron chi connectivity index (χ2n) is 13.4. The molecule has 4 nitrogen and oxygen atoms in total. The van der Waals surface area contributed by atoms with Crippen LogP contribution in [-0.2, 0) is 11.2 Å². The zero-order valence-electron chi connectivity index (χ0n) is 24.2. The normalized spacial score (nSPS) is 30.9. The molecule has 0 bridgehead atoms. The molecule has 0 saturated heterocycles. The number of carbonyl (C=O) groups is 1. The van der Waals surface area contributed by atoms with Gasteiger partial charge >= 0.3 is 5.97 Å². The average Bonchev–Trinajstić information content (AvgIpc) is 3.19. The average molecular weight is 527 g/mol. The van der Waals surface area contributed by atoms with Crippen LogP contribution < -0.4 is 0 Å². The molecular formula is C34H54O4. The predicted octanol–water partition coefficient (Wildman–Crippen LogP) is 8.63. The number of hydrogen-bond donors (Lipinski definition) is 3. The maximum absolute atomic E-state index is 11.6. The first-order valence-corrected chi connectivity index (χ1v) is 16.1. The summed E-state index contributed by atoms with van der Waals surface area (Å²) in [4.78, 5) is 11.6. The SMILES string of the molecule is CCCCCCC(CCCCCCCCC1CC2(C)C(O)CCC2C2CCc3cc(O)ccc3C12)C(=O)O. The number of rotatable bonds is 15. The van der Waals surface area contributed by atoms with Crippen LogP contribution in [-0.4, -0.2) is 27.4 Å². The van der Waals surface area contributed by atoms with E-state index in [1.807, 2.05) is 12.1 Å². The first-order valence-electron chi connectivity index (χ1n) is 16.1. The standard InChI is InChI=1S/C34H54O4/c1-3-4-5-10-13-24(33(37)38)14-11-8-6-7-9-12-15-26-23-34(2)30(20-21-31(34)36)29-18-16-25-22-27(35)17-19-28(25)32(26)29/h17,19,22,24,26,29-32,35-36H,3-16,18,20-21,23H2,1-2H3,(H,37,38). The number of hydrogen-bond acceptors (Lipinski definition) is 3. The molecule has 4 heteroatoms. The van der Waals surface area contributed by atoms with Crippen molar-refractivity contribution in [2.75, 3.05) is 0 Å². The lowest BCUT2D eigenvalue weighted by Crippen LogP contribution is -2.47. The molecule has 7 atom stereocenters. The molecule has 3 aliphatic rings. The first kappa shape index (κ1) is 29.4. The minimum atomic E-state index is -0.602.